The van der Waals surface area contributed by atoms with Crippen LogP contribution in [0, 0.1) is 0 Å². The van der Waals surface area contributed by atoms with Crippen molar-refractivity contribution in [1.82, 2.24) is 4.90 Å². The van der Waals surface area contributed by atoms with E-state index in [1.807, 2.05) is 20.8 Å². The van der Waals surface area contributed by atoms with Gasteiger partial charge in [0.2, 0.25) is 0 Å². The molecule has 0 aliphatic heterocycles. The van der Waals surface area contributed by atoms with Crippen LogP contribution in [0.4, 0.5) is 13.2 Å². The molecule has 0 saturated carbocycles. The van der Waals surface area contributed by atoms with E-state index in [0.29, 0.717) is 0 Å². The first kappa shape index (κ1) is 17.5. The first-order valence-electron chi connectivity index (χ1n) is 6.64. The summed E-state index contributed by atoms with van der Waals surface area (Å²) in [5.74, 6) is -0.964. The molecule has 1 aromatic carbocycles. The van der Waals surface area contributed by atoms with Crippen LogP contribution >= 0.6 is 0 Å². The van der Waals surface area contributed by atoms with Gasteiger partial charge in [-0.3, -0.25) is 9.69 Å². The van der Waals surface area contributed by atoms with E-state index in [9.17, 15) is 18.0 Å². The van der Waals surface area contributed by atoms with Gasteiger partial charge in [0, 0.05) is 18.6 Å². The number of carbonyl (C=O) groups is 1. The molecule has 0 unspecified atom stereocenters. The van der Waals surface area contributed by atoms with Crippen molar-refractivity contribution in [3.8, 4) is 0 Å². The molecule has 1 N–H and O–H groups in total. The number of nitrogens with zero attached hydrogens (tertiary/aromatic N) is 1. The van der Waals surface area contributed by atoms with Crippen LogP contribution < -0.4 is 0 Å². The van der Waals surface area contributed by atoms with Gasteiger partial charge in [0.05, 0.1) is 12.0 Å². The van der Waals surface area contributed by atoms with Crippen molar-refractivity contribution in [1.29, 1.82) is 0 Å². The highest BCUT2D eigenvalue weighted by atomic mass is 19.4. The number of alkyl halides is 3. The van der Waals surface area contributed by atoms with E-state index in [0.717, 1.165) is 6.07 Å². The largest absolute Gasteiger partial charge is 0.481 e. The Morgan fingerprint density at radius 1 is 1.19 bits per heavy atom. The standard InChI is InChI=1S/C15H20F3NO2/c1-14(2,3)19(9-8-13(20)21)10-11-6-4-5-7-12(11)15(16,17)18/h4-7H,8-10H2,1-3H3,(H,20,21). The first-order chi connectivity index (χ1) is 9.51. The zero-order valence-corrected chi connectivity index (χ0v) is 12.4. The van der Waals surface area contributed by atoms with Gasteiger partial charge in [-0.15, -0.1) is 0 Å². The van der Waals surface area contributed by atoms with Gasteiger partial charge in [-0.1, -0.05) is 18.2 Å². The second-order valence-corrected chi connectivity index (χ2v) is 5.89. The zero-order valence-electron chi connectivity index (χ0n) is 12.4. The molecule has 6 heteroatoms. The van der Waals surface area contributed by atoms with E-state index in [2.05, 4.69) is 0 Å². The van der Waals surface area contributed by atoms with Crippen molar-refractivity contribution in [3.05, 3.63) is 35.4 Å². The molecule has 3 nitrogen and oxygen atoms in total. The Morgan fingerprint density at radius 2 is 1.76 bits per heavy atom. The number of hydrogen-bond donors (Lipinski definition) is 1. The van der Waals surface area contributed by atoms with Gasteiger partial charge in [-0.2, -0.15) is 13.2 Å². The van der Waals surface area contributed by atoms with Gasteiger partial charge >= 0.3 is 12.1 Å². The molecule has 118 valence electrons. The quantitative estimate of drug-likeness (QED) is 0.900. The van der Waals surface area contributed by atoms with Gasteiger partial charge in [-0.25, -0.2) is 0 Å². The average molecular weight is 303 g/mol. The van der Waals surface area contributed by atoms with Gasteiger partial charge < -0.3 is 5.11 Å². The summed E-state index contributed by atoms with van der Waals surface area (Å²) in [5, 5.41) is 8.77. The molecule has 0 radical (unpaired) electrons. The Bertz CT molecular complexity index is 492. The number of carboxylic acids is 1. The van der Waals surface area contributed by atoms with E-state index in [4.69, 9.17) is 5.11 Å². The maximum atomic E-state index is 13.0. The number of carboxylic acid groups (broad SMARTS) is 1. The van der Waals surface area contributed by atoms with Crippen LogP contribution in [0.5, 0.6) is 0 Å². The lowest BCUT2D eigenvalue weighted by atomic mass is 10.0. The summed E-state index contributed by atoms with van der Waals surface area (Å²) < 4.78 is 39.0. The molecule has 0 bridgehead atoms. The normalized spacial score (nSPS) is 12.7. The maximum Gasteiger partial charge on any atom is 0.416 e. The minimum atomic E-state index is -4.41. The number of benzene rings is 1. The summed E-state index contributed by atoms with van der Waals surface area (Å²) >= 11 is 0. The maximum absolute atomic E-state index is 13.0. The lowest BCUT2D eigenvalue weighted by Crippen LogP contribution is -2.42. The number of rotatable bonds is 5. The lowest BCUT2D eigenvalue weighted by Gasteiger charge is -2.36. The van der Waals surface area contributed by atoms with Gasteiger partial charge in [0.25, 0.3) is 0 Å². The highest BCUT2D eigenvalue weighted by Gasteiger charge is 2.34. The van der Waals surface area contributed by atoms with Crippen molar-refractivity contribution in [2.75, 3.05) is 6.54 Å². The minimum Gasteiger partial charge on any atom is -0.481 e. The van der Waals surface area contributed by atoms with E-state index in [-0.39, 0.29) is 25.1 Å². The second-order valence-electron chi connectivity index (χ2n) is 5.89. The fraction of sp³-hybridized carbons (Fsp3) is 0.533. The van der Waals surface area contributed by atoms with Gasteiger partial charge in [-0.05, 0) is 32.4 Å². The molecule has 0 saturated heterocycles. The molecule has 0 atom stereocenters. The highest BCUT2D eigenvalue weighted by Crippen LogP contribution is 2.33. The minimum absolute atomic E-state index is 0.0620. The fourth-order valence-corrected chi connectivity index (χ4v) is 2.02. The van der Waals surface area contributed by atoms with Gasteiger partial charge in [0.15, 0.2) is 0 Å². The van der Waals surface area contributed by atoms with Crippen LogP contribution in [-0.4, -0.2) is 28.1 Å². The third-order valence-electron chi connectivity index (χ3n) is 3.23. The Hall–Kier alpha value is -1.56. The van der Waals surface area contributed by atoms with Crippen LogP contribution in [-0.2, 0) is 17.5 Å². The topological polar surface area (TPSA) is 40.5 Å². The summed E-state index contributed by atoms with van der Waals surface area (Å²) in [6, 6.07) is 5.39. The van der Waals surface area contributed by atoms with E-state index >= 15 is 0 Å². The fourth-order valence-electron chi connectivity index (χ4n) is 2.02. The van der Waals surface area contributed by atoms with E-state index in [1.165, 1.54) is 12.1 Å². The number of aliphatic carboxylic acids is 1. The summed E-state index contributed by atoms with van der Waals surface area (Å²) in [6.45, 7) is 5.82. The first-order valence-corrected chi connectivity index (χ1v) is 6.64. The van der Waals surface area contributed by atoms with Gasteiger partial charge in [0.1, 0.15) is 0 Å². The SMILES string of the molecule is CC(C)(C)N(CCC(=O)O)Cc1ccccc1C(F)(F)F. The molecule has 0 aliphatic carbocycles. The molecule has 0 amide bonds. The van der Waals surface area contributed by atoms with Crippen LogP contribution in [0.15, 0.2) is 24.3 Å². The lowest BCUT2D eigenvalue weighted by molar-refractivity contribution is -0.140. The average Bonchev–Trinajstić information content (AvgIpc) is 2.32. The summed E-state index contributed by atoms with van der Waals surface area (Å²) in [7, 11) is 0. The van der Waals surface area contributed by atoms with Crippen molar-refractivity contribution in [2.45, 2.75) is 45.5 Å². The molecule has 1 rings (SSSR count). The third kappa shape index (κ3) is 5.38. The Morgan fingerprint density at radius 3 is 2.24 bits per heavy atom. The Balaban J connectivity index is 3.02. The molecular weight excluding hydrogens is 283 g/mol. The van der Waals surface area contributed by atoms with E-state index < -0.39 is 23.2 Å². The predicted octanol–water partition coefficient (Wildman–Crippen LogP) is 3.78. The van der Waals surface area contributed by atoms with Crippen molar-refractivity contribution < 1.29 is 23.1 Å². The van der Waals surface area contributed by atoms with Crippen molar-refractivity contribution in [2.24, 2.45) is 0 Å². The van der Waals surface area contributed by atoms with Crippen LogP contribution in [0.1, 0.15) is 38.3 Å². The number of hydrogen-bond acceptors (Lipinski definition) is 2. The van der Waals surface area contributed by atoms with E-state index in [1.54, 1.807) is 11.0 Å². The highest BCUT2D eigenvalue weighted by molar-refractivity contribution is 5.66. The van der Waals surface area contributed by atoms with Crippen LogP contribution in [0.2, 0.25) is 0 Å². The van der Waals surface area contributed by atoms with Crippen LogP contribution in [0.25, 0.3) is 0 Å². The second kappa shape index (κ2) is 6.47. The Labute approximate surface area is 122 Å². The molecule has 0 aliphatic rings. The molecule has 1 aromatic rings. The third-order valence-corrected chi connectivity index (χ3v) is 3.23. The molecular formula is C15H20F3NO2. The van der Waals surface area contributed by atoms with Crippen LogP contribution in [0.3, 0.4) is 0 Å². The van der Waals surface area contributed by atoms with Crippen molar-refractivity contribution in [3.63, 3.8) is 0 Å². The smallest absolute Gasteiger partial charge is 0.416 e. The molecule has 0 aromatic heterocycles. The predicted molar refractivity (Wildman–Crippen MR) is 73.9 cm³/mol. The number of halogens is 3. The Kier molecular flexibility index (Phi) is 5.39. The van der Waals surface area contributed by atoms with Crippen molar-refractivity contribution >= 4 is 5.97 Å². The molecule has 0 heterocycles. The molecule has 0 spiro atoms. The monoisotopic (exact) mass is 303 g/mol. The summed E-state index contributed by atoms with van der Waals surface area (Å²) in [4.78, 5) is 12.4. The summed E-state index contributed by atoms with van der Waals surface area (Å²) in [6.07, 6.45) is -4.52. The zero-order chi connectivity index (χ0) is 16.3. The molecule has 21 heavy (non-hydrogen) atoms. The summed E-state index contributed by atoms with van der Waals surface area (Å²) in [5.41, 5.74) is -0.936. The molecule has 0 fully saturated rings.